The summed E-state index contributed by atoms with van der Waals surface area (Å²) in [4.78, 5) is 2.34. The van der Waals surface area contributed by atoms with Gasteiger partial charge in [0.15, 0.2) is 5.82 Å². The maximum Gasteiger partial charge on any atom is 0.154 e. The third-order valence-corrected chi connectivity index (χ3v) is 5.56. The molecule has 1 N–H and O–H groups in total. The minimum atomic E-state index is -0.469. The van der Waals surface area contributed by atoms with Crippen LogP contribution in [0.4, 0.5) is 5.82 Å². The van der Waals surface area contributed by atoms with Gasteiger partial charge in [-0.15, -0.1) is 5.10 Å². The van der Waals surface area contributed by atoms with Gasteiger partial charge < -0.3 is 10.0 Å². The van der Waals surface area contributed by atoms with E-state index in [-0.39, 0.29) is 0 Å². The summed E-state index contributed by atoms with van der Waals surface area (Å²) in [5.41, 5.74) is 1.94. The molecule has 4 heteroatoms. The monoisotopic (exact) mass is 275 g/mol. The maximum absolute atomic E-state index is 10.9. The highest BCUT2D eigenvalue weighted by Gasteiger charge is 2.48. The first-order valence-corrected chi connectivity index (χ1v) is 7.81. The van der Waals surface area contributed by atoms with E-state index in [1.54, 1.807) is 0 Å². The van der Waals surface area contributed by atoms with Crippen molar-refractivity contribution in [3.8, 4) is 0 Å². The van der Waals surface area contributed by atoms with Crippen LogP contribution in [0.3, 0.4) is 0 Å². The topological polar surface area (TPSA) is 49.2 Å². The van der Waals surface area contributed by atoms with Crippen LogP contribution in [0.15, 0.2) is 6.20 Å². The molecule has 3 atom stereocenters. The Kier molecular flexibility index (Phi) is 3.44. The van der Waals surface area contributed by atoms with Crippen molar-refractivity contribution in [2.45, 2.75) is 52.1 Å². The normalized spacial score (nSPS) is 33.3. The van der Waals surface area contributed by atoms with Gasteiger partial charge in [-0.1, -0.05) is 13.3 Å². The highest BCUT2D eigenvalue weighted by molar-refractivity contribution is 5.49. The van der Waals surface area contributed by atoms with E-state index in [2.05, 4.69) is 35.9 Å². The first kappa shape index (κ1) is 13.8. The molecular formula is C16H25N3O. The Bertz CT molecular complexity index is 504. The number of aromatic nitrogens is 2. The Labute approximate surface area is 121 Å². The molecule has 0 spiro atoms. The molecular weight excluding hydrogens is 250 g/mol. The van der Waals surface area contributed by atoms with Crippen molar-refractivity contribution in [1.82, 2.24) is 10.2 Å². The van der Waals surface area contributed by atoms with Crippen molar-refractivity contribution in [1.29, 1.82) is 0 Å². The molecule has 1 aliphatic heterocycles. The van der Waals surface area contributed by atoms with Crippen LogP contribution in [-0.4, -0.2) is 34.0 Å². The summed E-state index contributed by atoms with van der Waals surface area (Å²) in [6.07, 6.45) is 6.03. The lowest BCUT2D eigenvalue weighted by molar-refractivity contribution is -0.0597. The fourth-order valence-corrected chi connectivity index (χ4v) is 4.06. The number of nitrogens with zero attached hydrogens (tertiary/aromatic N) is 3. The van der Waals surface area contributed by atoms with Gasteiger partial charge in [0.1, 0.15) is 0 Å². The largest absolute Gasteiger partial charge is 0.390 e. The Morgan fingerprint density at radius 3 is 2.95 bits per heavy atom. The molecule has 4 nitrogen and oxygen atoms in total. The summed E-state index contributed by atoms with van der Waals surface area (Å²) < 4.78 is 0. The summed E-state index contributed by atoms with van der Waals surface area (Å²) in [6.45, 7) is 8.26. The van der Waals surface area contributed by atoms with E-state index in [0.29, 0.717) is 11.8 Å². The van der Waals surface area contributed by atoms with Crippen molar-refractivity contribution < 1.29 is 5.11 Å². The molecule has 1 aliphatic carbocycles. The van der Waals surface area contributed by atoms with Gasteiger partial charge in [0.2, 0.25) is 0 Å². The predicted octanol–water partition coefficient (Wildman–Crippen LogP) is 2.47. The summed E-state index contributed by atoms with van der Waals surface area (Å²) in [5, 5.41) is 19.3. The van der Waals surface area contributed by atoms with Gasteiger partial charge in [-0.25, -0.2) is 0 Å². The number of rotatable bonds is 2. The number of aliphatic hydroxyl groups is 1. The zero-order valence-electron chi connectivity index (χ0n) is 12.8. The van der Waals surface area contributed by atoms with Gasteiger partial charge in [-0.2, -0.15) is 5.10 Å². The van der Waals surface area contributed by atoms with Crippen LogP contribution >= 0.6 is 0 Å². The van der Waals surface area contributed by atoms with E-state index in [4.69, 9.17) is 0 Å². The fraction of sp³-hybridized carbons (Fsp3) is 0.750. The number of fused-ring (bicyclic) bond motifs is 1. The standard InChI is InChI=1S/C16H25N3O/c1-4-16(20)7-5-6-13-9-19(10-14(13)16)15-12(3)11(2)8-17-18-15/h8,13-14,20H,4-7,9-10H2,1-3H3/t13-,14+,16-/m0/s1. The van der Waals surface area contributed by atoms with Crippen molar-refractivity contribution in [3.63, 3.8) is 0 Å². The zero-order valence-corrected chi connectivity index (χ0v) is 12.8. The minimum absolute atomic E-state index is 0.392. The lowest BCUT2D eigenvalue weighted by Gasteiger charge is -2.40. The molecule has 2 aliphatic rings. The summed E-state index contributed by atoms with van der Waals surface area (Å²) in [6, 6.07) is 0. The van der Waals surface area contributed by atoms with E-state index in [1.807, 2.05) is 6.20 Å². The summed E-state index contributed by atoms with van der Waals surface area (Å²) >= 11 is 0. The van der Waals surface area contributed by atoms with E-state index < -0.39 is 5.60 Å². The van der Waals surface area contributed by atoms with Crippen molar-refractivity contribution >= 4 is 5.82 Å². The van der Waals surface area contributed by atoms with E-state index in [9.17, 15) is 5.11 Å². The Hall–Kier alpha value is -1.16. The Morgan fingerprint density at radius 2 is 2.20 bits per heavy atom. The van der Waals surface area contributed by atoms with Gasteiger partial charge >= 0.3 is 0 Å². The molecule has 1 saturated carbocycles. The van der Waals surface area contributed by atoms with Crippen molar-refractivity contribution in [3.05, 3.63) is 17.3 Å². The molecule has 0 amide bonds. The molecule has 2 heterocycles. The lowest BCUT2D eigenvalue weighted by atomic mass is 9.69. The average molecular weight is 275 g/mol. The van der Waals surface area contributed by atoms with Gasteiger partial charge in [0, 0.05) is 19.0 Å². The smallest absolute Gasteiger partial charge is 0.154 e. The predicted molar refractivity (Wildman–Crippen MR) is 79.8 cm³/mol. The molecule has 0 aromatic carbocycles. The van der Waals surface area contributed by atoms with Crippen LogP contribution in [0.2, 0.25) is 0 Å². The Balaban J connectivity index is 1.87. The number of hydrogen-bond acceptors (Lipinski definition) is 4. The van der Waals surface area contributed by atoms with E-state index in [1.165, 1.54) is 17.5 Å². The second-order valence-electron chi connectivity index (χ2n) is 6.60. The van der Waals surface area contributed by atoms with Gasteiger partial charge in [-0.05, 0) is 50.2 Å². The molecule has 110 valence electrons. The van der Waals surface area contributed by atoms with E-state index >= 15 is 0 Å². The number of anilines is 1. The fourth-order valence-electron chi connectivity index (χ4n) is 4.06. The average Bonchev–Trinajstić information content (AvgIpc) is 2.87. The molecule has 1 aromatic heterocycles. The highest BCUT2D eigenvalue weighted by Crippen LogP contribution is 2.45. The van der Waals surface area contributed by atoms with Crippen LogP contribution in [0.25, 0.3) is 0 Å². The second kappa shape index (κ2) is 4.99. The van der Waals surface area contributed by atoms with Gasteiger partial charge in [0.25, 0.3) is 0 Å². The van der Waals surface area contributed by atoms with E-state index in [0.717, 1.165) is 38.2 Å². The van der Waals surface area contributed by atoms with Crippen LogP contribution in [-0.2, 0) is 0 Å². The highest BCUT2D eigenvalue weighted by atomic mass is 16.3. The SMILES string of the molecule is CC[C@]1(O)CCC[C@H]2CN(c3nncc(C)c3C)C[C@H]21. The minimum Gasteiger partial charge on any atom is -0.390 e. The third kappa shape index (κ3) is 2.10. The molecule has 1 saturated heterocycles. The lowest BCUT2D eigenvalue weighted by Crippen LogP contribution is -2.44. The maximum atomic E-state index is 10.9. The van der Waals surface area contributed by atoms with Crippen LogP contribution in [0, 0.1) is 25.7 Å². The second-order valence-corrected chi connectivity index (χ2v) is 6.60. The van der Waals surface area contributed by atoms with Crippen LogP contribution in [0.1, 0.15) is 43.7 Å². The molecule has 20 heavy (non-hydrogen) atoms. The molecule has 0 unspecified atom stereocenters. The van der Waals surface area contributed by atoms with Crippen molar-refractivity contribution in [2.24, 2.45) is 11.8 Å². The van der Waals surface area contributed by atoms with Gasteiger partial charge in [-0.3, -0.25) is 0 Å². The van der Waals surface area contributed by atoms with Crippen LogP contribution < -0.4 is 4.90 Å². The Morgan fingerprint density at radius 1 is 1.40 bits per heavy atom. The summed E-state index contributed by atoms with van der Waals surface area (Å²) in [7, 11) is 0. The molecule has 0 radical (unpaired) electrons. The molecule has 2 fully saturated rings. The molecule has 0 bridgehead atoms. The van der Waals surface area contributed by atoms with Crippen LogP contribution in [0.5, 0.6) is 0 Å². The quantitative estimate of drug-likeness (QED) is 0.901. The summed E-state index contributed by atoms with van der Waals surface area (Å²) in [5.74, 6) is 2.01. The van der Waals surface area contributed by atoms with Gasteiger partial charge in [0.05, 0.1) is 11.8 Å². The molecule has 1 aromatic rings. The number of aryl methyl sites for hydroxylation is 1. The van der Waals surface area contributed by atoms with Crippen molar-refractivity contribution in [2.75, 3.05) is 18.0 Å². The number of hydrogen-bond donors (Lipinski definition) is 1. The zero-order chi connectivity index (χ0) is 14.3. The third-order valence-electron chi connectivity index (χ3n) is 5.56. The molecule has 3 rings (SSSR count). The first-order chi connectivity index (χ1) is 9.55. The first-order valence-electron chi connectivity index (χ1n) is 7.81.